The van der Waals surface area contributed by atoms with Gasteiger partial charge in [0.05, 0.1) is 5.69 Å². The molecule has 1 aromatic heterocycles. The monoisotopic (exact) mass is 487 g/mol. The highest BCUT2D eigenvalue weighted by Crippen LogP contribution is 2.30. The molecular formula is C23H22FN3O6S. The standard InChI is InChI=1S/C23H22FN3O6S/c1-25-17(12-21(28)26(2)23(25)30)14-33-22(29)19-11-15-7-3-4-8-16(15)13-27(19)34(31,32)20-10-6-5-9-18(20)24/h3-10,12,19H,11,13-14H2,1-2H3/t19-/m1/s1. The van der Waals surface area contributed by atoms with Crippen LogP contribution < -0.4 is 11.2 Å². The fourth-order valence-corrected chi connectivity index (χ4v) is 5.51. The van der Waals surface area contributed by atoms with E-state index in [2.05, 4.69) is 0 Å². The number of carbonyl (C=O) groups is 1. The van der Waals surface area contributed by atoms with Gasteiger partial charge in [-0.15, -0.1) is 0 Å². The van der Waals surface area contributed by atoms with E-state index < -0.39 is 50.6 Å². The first-order valence-corrected chi connectivity index (χ1v) is 11.8. The second kappa shape index (κ2) is 8.99. The Morgan fingerprint density at radius 1 is 1.03 bits per heavy atom. The number of ether oxygens (including phenoxy) is 1. The summed E-state index contributed by atoms with van der Waals surface area (Å²) in [5.74, 6) is -1.80. The first-order chi connectivity index (χ1) is 16.1. The molecule has 1 aliphatic rings. The average Bonchev–Trinajstić information content (AvgIpc) is 2.83. The molecule has 2 heterocycles. The van der Waals surface area contributed by atoms with Crippen molar-refractivity contribution in [1.82, 2.24) is 13.4 Å². The molecule has 9 nitrogen and oxygen atoms in total. The van der Waals surface area contributed by atoms with Crippen molar-refractivity contribution in [3.05, 3.63) is 98.1 Å². The summed E-state index contributed by atoms with van der Waals surface area (Å²) in [5.41, 5.74) is 0.463. The third kappa shape index (κ3) is 4.19. The molecule has 0 saturated carbocycles. The van der Waals surface area contributed by atoms with Gasteiger partial charge in [-0.1, -0.05) is 36.4 Å². The number of hydrogen-bond donors (Lipinski definition) is 0. The molecule has 3 aromatic rings. The number of halogens is 1. The maximum absolute atomic E-state index is 14.4. The largest absolute Gasteiger partial charge is 0.458 e. The summed E-state index contributed by atoms with van der Waals surface area (Å²) >= 11 is 0. The Kier molecular flexibility index (Phi) is 6.24. The number of benzene rings is 2. The lowest BCUT2D eigenvalue weighted by Gasteiger charge is -2.34. The van der Waals surface area contributed by atoms with Crippen LogP contribution in [0, 0.1) is 5.82 Å². The maximum Gasteiger partial charge on any atom is 0.330 e. The van der Waals surface area contributed by atoms with Gasteiger partial charge in [0.15, 0.2) is 0 Å². The summed E-state index contributed by atoms with van der Waals surface area (Å²) in [6.07, 6.45) is 0.0260. The Hall–Kier alpha value is -3.57. The van der Waals surface area contributed by atoms with Crippen molar-refractivity contribution >= 4 is 16.0 Å². The van der Waals surface area contributed by atoms with Crippen molar-refractivity contribution in [1.29, 1.82) is 0 Å². The Bertz CT molecular complexity index is 1500. The van der Waals surface area contributed by atoms with E-state index in [1.165, 1.54) is 36.9 Å². The normalized spacial score (nSPS) is 16.1. The van der Waals surface area contributed by atoms with Crippen molar-refractivity contribution in [2.45, 2.75) is 30.5 Å². The van der Waals surface area contributed by atoms with Gasteiger partial charge in [0.2, 0.25) is 10.0 Å². The van der Waals surface area contributed by atoms with Crippen molar-refractivity contribution in [3.63, 3.8) is 0 Å². The van der Waals surface area contributed by atoms with Gasteiger partial charge >= 0.3 is 11.7 Å². The smallest absolute Gasteiger partial charge is 0.330 e. The van der Waals surface area contributed by atoms with E-state index in [-0.39, 0.29) is 18.7 Å². The van der Waals surface area contributed by atoms with E-state index in [1.54, 1.807) is 24.3 Å². The minimum atomic E-state index is -4.39. The lowest BCUT2D eigenvalue weighted by Crippen LogP contribution is -2.49. The predicted molar refractivity (Wildman–Crippen MR) is 120 cm³/mol. The van der Waals surface area contributed by atoms with Crippen molar-refractivity contribution in [2.24, 2.45) is 14.1 Å². The minimum Gasteiger partial charge on any atom is -0.458 e. The zero-order valence-electron chi connectivity index (χ0n) is 18.5. The van der Waals surface area contributed by atoms with Crippen LogP contribution in [0.5, 0.6) is 0 Å². The van der Waals surface area contributed by atoms with Crippen LogP contribution in [0.25, 0.3) is 0 Å². The first kappa shape index (κ1) is 23.6. The topological polar surface area (TPSA) is 108 Å². The number of aromatic nitrogens is 2. The molecule has 34 heavy (non-hydrogen) atoms. The highest BCUT2D eigenvalue weighted by atomic mass is 32.2. The van der Waals surface area contributed by atoms with Crippen LogP contribution in [-0.2, 0) is 53.2 Å². The minimum absolute atomic E-state index is 0.0260. The summed E-state index contributed by atoms with van der Waals surface area (Å²) in [6.45, 7) is -0.552. The lowest BCUT2D eigenvalue weighted by atomic mass is 9.96. The molecule has 11 heteroatoms. The van der Waals surface area contributed by atoms with Gasteiger partial charge in [0.1, 0.15) is 23.4 Å². The third-order valence-corrected chi connectivity index (χ3v) is 7.78. The number of nitrogens with zero attached hydrogens (tertiary/aromatic N) is 3. The van der Waals surface area contributed by atoms with E-state index in [1.807, 2.05) is 0 Å². The summed E-state index contributed by atoms with van der Waals surface area (Å²) in [5, 5.41) is 0. The molecule has 0 N–H and O–H groups in total. The molecule has 0 fully saturated rings. The summed E-state index contributed by atoms with van der Waals surface area (Å²) < 4.78 is 49.5. The van der Waals surface area contributed by atoms with E-state index >= 15 is 0 Å². The third-order valence-electron chi connectivity index (χ3n) is 5.89. The molecule has 0 spiro atoms. The van der Waals surface area contributed by atoms with Gasteiger partial charge in [0, 0.05) is 33.1 Å². The van der Waals surface area contributed by atoms with Crippen LogP contribution in [0.1, 0.15) is 16.8 Å². The quantitative estimate of drug-likeness (QED) is 0.499. The van der Waals surface area contributed by atoms with Crippen LogP contribution in [0.4, 0.5) is 4.39 Å². The zero-order valence-corrected chi connectivity index (χ0v) is 19.3. The van der Waals surface area contributed by atoms with E-state index in [0.717, 1.165) is 26.6 Å². The molecular weight excluding hydrogens is 465 g/mol. The zero-order chi connectivity index (χ0) is 24.6. The van der Waals surface area contributed by atoms with Gasteiger partial charge in [-0.3, -0.25) is 18.7 Å². The molecule has 1 aliphatic heterocycles. The van der Waals surface area contributed by atoms with E-state index in [4.69, 9.17) is 4.74 Å². The second-order valence-electron chi connectivity index (χ2n) is 7.95. The number of hydrogen-bond acceptors (Lipinski definition) is 6. The molecule has 1 atom stereocenters. The Morgan fingerprint density at radius 3 is 2.38 bits per heavy atom. The van der Waals surface area contributed by atoms with Crippen LogP contribution in [-0.4, -0.2) is 33.9 Å². The highest BCUT2D eigenvalue weighted by molar-refractivity contribution is 7.89. The molecule has 0 bridgehead atoms. The molecule has 0 saturated heterocycles. The fraction of sp³-hybridized carbons (Fsp3) is 0.261. The molecule has 0 aliphatic carbocycles. The fourth-order valence-electron chi connectivity index (χ4n) is 3.89. The number of sulfonamides is 1. The van der Waals surface area contributed by atoms with Crippen LogP contribution in [0.3, 0.4) is 0 Å². The van der Waals surface area contributed by atoms with Gasteiger partial charge in [-0.2, -0.15) is 4.31 Å². The molecule has 178 valence electrons. The number of esters is 1. The highest BCUT2D eigenvalue weighted by Gasteiger charge is 2.41. The lowest BCUT2D eigenvalue weighted by molar-refractivity contribution is -0.150. The number of rotatable bonds is 5. The number of carbonyl (C=O) groups excluding carboxylic acids is 1. The molecule has 2 aromatic carbocycles. The van der Waals surface area contributed by atoms with Crippen LogP contribution >= 0.6 is 0 Å². The first-order valence-electron chi connectivity index (χ1n) is 10.4. The molecule has 0 unspecified atom stereocenters. The summed E-state index contributed by atoms with van der Waals surface area (Å²) in [6, 6.07) is 11.9. The molecule has 4 rings (SSSR count). The predicted octanol–water partition coefficient (Wildman–Crippen LogP) is 1.08. The van der Waals surface area contributed by atoms with Crippen LogP contribution in [0.15, 0.2) is 69.1 Å². The Labute approximate surface area is 194 Å². The van der Waals surface area contributed by atoms with Crippen molar-refractivity contribution in [2.75, 3.05) is 0 Å². The van der Waals surface area contributed by atoms with Crippen LogP contribution in [0.2, 0.25) is 0 Å². The summed E-state index contributed by atoms with van der Waals surface area (Å²) in [4.78, 5) is 36.7. The second-order valence-corrected chi connectivity index (χ2v) is 9.81. The molecule has 0 amide bonds. The number of fused-ring (bicyclic) bond motifs is 1. The van der Waals surface area contributed by atoms with Gasteiger partial charge in [-0.25, -0.2) is 17.6 Å². The molecule has 0 radical (unpaired) electrons. The SMILES string of the molecule is Cn1c(COC(=O)[C@H]2Cc3ccccc3CN2S(=O)(=O)c2ccccc2F)cc(=O)n(C)c1=O. The Balaban J connectivity index is 1.68. The van der Waals surface area contributed by atoms with Gasteiger partial charge < -0.3 is 4.74 Å². The maximum atomic E-state index is 14.4. The van der Waals surface area contributed by atoms with Gasteiger partial charge in [-0.05, 0) is 23.3 Å². The van der Waals surface area contributed by atoms with E-state index in [9.17, 15) is 27.2 Å². The van der Waals surface area contributed by atoms with Crippen molar-refractivity contribution < 1.29 is 22.3 Å². The summed E-state index contributed by atoms with van der Waals surface area (Å²) in [7, 11) is -1.64. The Morgan fingerprint density at radius 2 is 1.68 bits per heavy atom. The van der Waals surface area contributed by atoms with Crippen molar-refractivity contribution in [3.8, 4) is 0 Å². The van der Waals surface area contributed by atoms with Gasteiger partial charge in [0.25, 0.3) is 5.56 Å². The van der Waals surface area contributed by atoms with E-state index in [0.29, 0.717) is 5.56 Å². The average molecular weight is 488 g/mol.